The fourth-order valence-corrected chi connectivity index (χ4v) is 1.29. The Morgan fingerprint density at radius 2 is 2.00 bits per heavy atom. The smallest absolute Gasteiger partial charge is 0.0887 e. The molecular formula is C7H17NO2S. The molecule has 0 bridgehead atoms. The average molecular weight is 179 g/mol. The SMILES string of the molecule is CC(C)(O)CCCCS(N)=O. The molecule has 0 aromatic rings. The van der Waals surface area contributed by atoms with Crippen LogP contribution in [-0.4, -0.2) is 20.7 Å². The molecule has 1 atom stereocenters. The lowest BCUT2D eigenvalue weighted by atomic mass is 10.0. The number of nitrogens with two attached hydrogens (primary N) is 1. The zero-order valence-corrected chi connectivity index (χ0v) is 7.99. The summed E-state index contributed by atoms with van der Waals surface area (Å²) >= 11 is 0. The highest BCUT2D eigenvalue weighted by atomic mass is 32.2. The number of hydrogen-bond acceptors (Lipinski definition) is 2. The van der Waals surface area contributed by atoms with E-state index in [-0.39, 0.29) is 0 Å². The topological polar surface area (TPSA) is 63.3 Å². The molecule has 1 unspecified atom stereocenters. The number of hydrogen-bond donors (Lipinski definition) is 2. The highest BCUT2D eigenvalue weighted by molar-refractivity contribution is 7.82. The molecule has 0 rings (SSSR count). The summed E-state index contributed by atoms with van der Waals surface area (Å²) in [6.07, 6.45) is 2.45. The van der Waals surface area contributed by atoms with E-state index in [1.807, 2.05) is 0 Å². The van der Waals surface area contributed by atoms with E-state index in [0.717, 1.165) is 19.3 Å². The highest BCUT2D eigenvalue weighted by Gasteiger charge is 2.10. The minimum atomic E-state index is -1.18. The molecule has 0 aromatic carbocycles. The molecule has 0 amide bonds. The second-order valence-electron chi connectivity index (χ2n) is 3.35. The Kier molecular flexibility index (Phi) is 4.88. The third kappa shape index (κ3) is 10.1. The largest absolute Gasteiger partial charge is 0.390 e. The molecule has 0 spiro atoms. The highest BCUT2D eigenvalue weighted by Crippen LogP contribution is 2.11. The molecule has 3 N–H and O–H groups in total. The van der Waals surface area contributed by atoms with E-state index in [4.69, 9.17) is 5.14 Å². The summed E-state index contributed by atoms with van der Waals surface area (Å²) in [7, 11) is -1.18. The van der Waals surface area contributed by atoms with Crippen molar-refractivity contribution >= 4 is 11.0 Å². The van der Waals surface area contributed by atoms with Gasteiger partial charge in [-0.25, -0.2) is 4.21 Å². The van der Waals surface area contributed by atoms with Gasteiger partial charge in [-0.05, 0) is 33.1 Å². The van der Waals surface area contributed by atoms with E-state index >= 15 is 0 Å². The molecule has 0 radical (unpaired) electrons. The van der Waals surface area contributed by atoms with Crippen LogP contribution in [0.15, 0.2) is 0 Å². The summed E-state index contributed by atoms with van der Waals surface area (Å²) in [4.78, 5) is 0. The van der Waals surface area contributed by atoms with E-state index in [9.17, 15) is 9.32 Å². The minimum Gasteiger partial charge on any atom is -0.390 e. The quantitative estimate of drug-likeness (QED) is 0.605. The van der Waals surface area contributed by atoms with Gasteiger partial charge < -0.3 is 5.11 Å². The Morgan fingerprint density at radius 3 is 2.36 bits per heavy atom. The van der Waals surface area contributed by atoms with Crippen LogP contribution in [-0.2, 0) is 11.0 Å². The molecule has 0 aliphatic heterocycles. The summed E-state index contributed by atoms with van der Waals surface area (Å²) in [6, 6.07) is 0. The van der Waals surface area contributed by atoms with E-state index in [2.05, 4.69) is 0 Å². The van der Waals surface area contributed by atoms with Gasteiger partial charge in [0, 0.05) is 5.75 Å². The Hall–Kier alpha value is 0.0700. The van der Waals surface area contributed by atoms with Crippen LogP contribution >= 0.6 is 0 Å². The number of aliphatic hydroxyl groups is 1. The zero-order valence-electron chi connectivity index (χ0n) is 7.17. The van der Waals surface area contributed by atoms with Crippen molar-refractivity contribution in [1.29, 1.82) is 0 Å². The summed E-state index contributed by atoms with van der Waals surface area (Å²) in [5.41, 5.74) is -0.601. The van der Waals surface area contributed by atoms with Crippen LogP contribution in [0.1, 0.15) is 33.1 Å². The fraction of sp³-hybridized carbons (Fsp3) is 1.00. The van der Waals surface area contributed by atoms with Crippen LogP contribution in [0.25, 0.3) is 0 Å². The van der Waals surface area contributed by atoms with Gasteiger partial charge in [0.2, 0.25) is 0 Å². The van der Waals surface area contributed by atoms with Gasteiger partial charge >= 0.3 is 0 Å². The molecule has 4 heteroatoms. The fourth-order valence-electron chi connectivity index (χ4n) is 0.802. The predicted octanol–water partition coefficient (Wildman–Crippen LogP) is 0.550. The third-order valence-electron chi connectivity index (χ3n) is 1.38. The van der Waals surface area contributed by atoms with E-state index < -0.39 is 16.6 Å². The van der Waals surface area contributed by atoms with E-state index in [0.29, 0.717) is 5.75 Å². The molecule has 68 valence electrons. The van der Waals surface area contributed by atoms with Gasteiger partial charge in [-0.1, -0.05) is 0 Å². The van der Waals surface area contributed by atoms with Crippen molar-refractivity contribution in [3.05, 3.63) is 0 Å². The summed E-state index contributed by atoms with van der Waals surface area (Å²) < 4.78 is 10.4. The molecule has 0 saturated carbocycles. The van der Waals surface area contributed by atoms with Crippen LogP contribution in [0.2, 0.25) is 0 Å². The zero-order chi connectivity index (χ0) is 8.91. The van der Waals surface area contributed by atoms with Gasteiger partial charge in [-0.3, -0.25) is 5.14 Å². The maximum absolute atomic E-state index is 10.4. The molecule has 0 aliphatic rings. The Balaban J connectivity index is 3.22. The minimum absolute atomic E-state index is 0.538. The lowest BCUT2D eigenvalue weighted by molar-refractivity contribution is 0.0687. The second kappa shape index (κ2) is 4.85. The Bertz CT molecular complexity index is 131. The molecule has 0 saturated heterocycles. The maximum atomic E-state index is 10.4. The van der Waals surface area contributed by atoms with Crippen molar-refractivity contribution in [2.24, 2.45) is 5.14 Å². The van der Waals surface area contributed by atoms with Crippen LogP contribution in [0.5, 0.6) is 0 Å². The van der Waals surface area contributed by atoms with Gasteiger partial charge in [0.15, 0.2) is 0 Å². The van der Waals surface area contributed by atoms with Crippen molar-refractivity contribution in [3.63, 3.8) is 0 Å². The molecule has 0 aliphatic carbocycles. The lowest BCUT2D eigenvalue weighted by Crippen LogP contribution is -2.18. The summed E-state index contributed by atoms with van der Waals surface area (Å²) in [6.45, 7) is 3.54. The first-order chi connectivity index (χ1) is 4.92. The third-order valence-corrected chi connectivity index (χ3v) is 2.08. The monoisotopic (exact) mass is 179 g/mol. The summed E-state index contributed by atoms with van der Waals surface area (Å²) in [5.74, 6) is 0.538. The van der Waals surface area contributed by atoms with Gasteiger partial charge in [0.25, 0.3) is 0 Å². The lowest BCUT2D eigenvalue weighted by Gasteiger charge is -2.15. The first-order valence-corrected chi connectivity index (χ1v) is 5.15. The Labute approximate surface area is 70.6 Å². The van der Waals surface area contributed by atoms with Crippen molar-refractivity contribution in [3.8, 4) is 0 Å². The van der Waals surface area contributed by atoms with Crippen LogP contribution in [0, 0.1) is 0 Å². The number of unbranched alkanes of at least 4 members (excludes halogenated alkanes) is 1. The van der Waals surface area contributed by atoms with Crippen LogP contribution < -0.4 is 5.14 Å². The summed E-state index contributed by atoms with van der Waals surface area (Å²) in [5, 5.41) is 14.3. The molecule has 11 heavy (non-hydrogen) atoms. The molecule has 3 nitrogen and oxygen atoms in total. The van der Waals surface area contributed by atoms with Crippen molar-refractivity contribution in [2.75, 3.05) is 5.75 Å². The maximum Gasteiger partial charge on any atom is 0.0887 e. The molecule has 0 heterocycles. The van der Waals surface area contributed by atoms with E-state index in [1.165, 1.54) is 0 Å². The van der Waals surface area contributed by atoms with E-state index in [1.54, 1.807) is 13.8 Å². The van der Waals surface area contributed by atoms with Crippen molar-refractivity contribution in [2.45, 2.75) is 38.7 Å². The number of rotatable bonds is 5. The molecular weight excluding hydrogens is 162 g/mol. The van der Waals surface area contributed by atoms with Gasteiger partial charge in [-0.15, -0.1) is 0 Å². The van der Waals surface area contributed by atoms with Crippen molar-refractivity contribution in [1.82, 2.24) is 0 Å². The predicted molar refractivity (Wildman–Crippen MR) is 47.3 cm³/mol. The normalized spacial score (nSPS) is 14.9. The molecule has 0 aromatic heterocycles. The van der Waals surface area contributed by atoms with Gasteiger partial charge in [0.05, 0.1) is 16.6 Å². The second-order valence-corrected chi connectivity index (χ2v) is 4.52. The first kappa shape index (κ1) is 11.1. The Morgan fingerprint density at radius 1 is 1.45 bits per heavy atom. The standard InChI is InChI=1S/C7H17NO2S/c1-7(2,9)5-3-4-6-11(8)10/h9H,3-6,8H2,1-2H3. The van der Waals surface area contributed by atoms with Gasteiger partial charge in [-0.2, -0.15) is 0 Å². The molecule has 0 fully saturated rings. The van der Waals surface area contributed by atoms with Crippen molar-refractivity contribution < 1.29 is 9.32 Å². The van der Waals surface area contributed by atoms with Gasteiger partial charge in [0.1, 0.15) is 0 Å². The van der Waals surface area contributed by atoms with Crippen LogP contribution in [0.4, 0.5) is 0 Å². The first-order valence-electron chi connectivity index (χ1n) is 3.77. The average Bonchev–Trinajstić information content (AvgIpc) is 1.78. The van der Waals surface area contributed by atoms with Crippen LogP contribution in [0.3, 0.4) is 0 Å².